The van der Waals surface area contributed by atoms with Crippen molar-refractivity contribution >= 4 is 11.6 Å². The molecule has 0 bridgehead atoms. The zero-order valence-corrected chi connectivity index (χ0v) is 8.32. The molecule has 0 saturated heterocycles. The summed E-state index contributed by atoms with van der Waals surface area (Å²) in [6.45, 7) is 3.56. The molecule has 13 heavy (non-hydrogen) atoms. The highest BCUT2D eigenvalue weighted by molar-refractivity contribution is 6.30. The molecule has 0 aromatic heterocycles. The predicted molar refractivity (Wildman–Crippen MR) is 53.3 cm³/mol. The molecule has 1 aromatic rings. The van der Waals surface area contributed by atoms with E-state index < -0.39 is 11.2 Å². The Morgan fingerprint density at radius 3 is 2.62 bits per heavy atom. The largest absolute Gasteiger partial charge is 0.205 e. The van der Waals surface area contributed by atoms with E-state index in [1.165, 1.54) is 6.07 Å². The molecule has 0 N–H and O–H groups in total. The number of halogens is 2. The van der Waals surface area contributed by atoms with Crippen molar-refractivity contribution in [2.45, 2.75) is 19.3 Å². The lowest BCUT2D eigenvalue weighted by atomic mass is 9.85. The van der Waals surface area contributed by atoms with E-state index in [0.29, 0.717) is 5.56 Å². The quantitative estimate of drug-likeness (QED) is 0.604. The van der Waals surface area contributed by atoms with Gasteiger partial charge in [0.05, 0.1) is 10.4 Å². The molecule has 0 amide bonds. The van der Waals surface area contributed by atoms with Crippen molar-refractivity contribution in [1.82, 2.24) is 0 Å². The van der Waals surface area contributed by atoms with Gasteiger partial charge in [0.15, 0.2) is 0 Å². The van der Waals surface area contributed by atoms with Crippen molar-refractivity contribution < 1.29 is 4.39 Å². The summed E-state index contributed by atoms with van der Waals surface area (Å²) in [5.41, 5.74) is -0.155. The second-order valence-electron chi connectivity index (χ2n) is 3.37. The van der Waals surface area contributed by atoms with Crippen LogP contribution >= 0.6 is 11.6 Å². The van der Waals surface area contributed by atoms with E-state index in [1.54, 1.807) is 26.0 Å². The highest BCUT2D eigenvalue weighted by Crippen LogP contribution is 2.28. The third kappa shape index (κ3) is 1.84. The Labute approximate surface area is 82.7 Å². The molecule has 0 atom stereocenters. The van der Waals surface area contributed by atoms with E-state index in [9.17, 15) is 4.39 Å². The zero-order valence-electron chi connectivity index (χ0n) is 7.57. The Bertz CT molecular complexity index is 361. The third-order valence-corrected chi connectivity index (χ3v) is 2.28. The van der Waals surface area contributed by atoms with Crippen LogP contribution in [-0.4, -0.2) is 0 Å². The molecule has 1 rings (SSSR count). The van der Waals surface area contributed by atoms with Gasteiger partial charge in [-0.2, -0.15) is 0 Å². The number of terminal acetylenes is 1. The Morgan fingerprint density at radius 2 is 2.08 bits per heavy atom. The van der Waals surface area contributed by atoms with E-state index in [4.69, 9.17) is 18.0 Å². The fourth-order valence-corrected chi connectivity index (χ4v) is 1.24. The first-order valence-electron chi connectivity index (χ1n) is 3.91. The molecule has 0 radical (unpaired) electrons. The summed E-state index contributed by atoms with van der Waals surface area (Å²) >= 11 is 5.63. The maximum atomic E-state index is 13.5. The van der Waals surface area contributed by atoms with Gasteiger partial charge >= 0.3 is 0 Å². The van der Waals surface area contributed by atoms with E-state index in [2.05, 4.69) is 5.92 Å². The average Bonchev–Trinajstić information content (AvgIpc) is 2.09. The number of rotatable bonds is 1. The molecule has 1 aromatic carbocycles. The van der Waals surface area contributed by atoms with Crippen LogP contribution in [0.25, 0.3) is 0 Å². The topological polar surface area (TPSA) is 0 Å². The molecular formula is C11H10ClF. The number of hydrogen-bond donors (Lipinski definition) is 0. The second kappa shape index (κ2) is 3.40. The predicted octanol–water partition coefficient (Wildman–Crippen LogP) is 3.39. The van der Waals surface area contributed by atoms with Gasteiger partial charge in [0.1, 0.15) is 5.82 Å². The van der Waals surface area contributed by atoms with Crippen molar-refractivity contribution in [3.63, 3.8) is 0 Å². The monoisotopic (exact) mass is 196 g/mol. The molecule has 2 heteroatoms. The van der Waals surface area contributed by atoms with E-state index in [0.717, 1.165) is 0 Å². The minimum Gasteiger partial charge on any atom is -0.205 e. The van der Waals surface area contributed by atoms with Crippen LogP contribution in [0.5, 0.6) is 0 Å². The van der Waals surface area contributed by atoms with Crippen LogP contribution in [0, 0.1) is 18.2 Å². The first-order valence-corrected chi connectivity index (χ1v) is 4.29. The smallest absolute Gasteiger partial charge is 0.146 e. The summed E-state index contributed by atoms with van der Waals surface area (Å²) < 4.78 is 13.5. The van der Waals surface area contributed by atoms with Crippen LogP contribution in [0.3, 0.4) is 0 Å². The maximum absolute atomic E-state index is 13.5. The SMILES string of the molecule is C#CC(C)(C)c1cccc(Cl)c1F. The van der Waals surface area contributed by atoms with Gasteiger partial charge in [-0.15, -0.1) is 6.42 Å². The molecule has 68 valence electrons. The van der Waals surface area contributed by atoms with Gasteiger partial charge in [-0.1, -0.05) is 29.7 Å². The normalized spacial score (nSPS) is 11.0. The van der Waals surface area contributed by atoms with Gasteiger partial charge in [0.25, 0.3) is 0 Å². The maximum Gasteiger partial charge on any atom is 0.146 e. The Kier molecular flexibility index (Phi) is 2.63. The zero-order chi connectivity index (χ0) is 10.1. The van der Waals surface area contributed by atoms with Gasteiger partial charge in [0.2, 0.25) is 0 Å². The summed E-state index contributed by atoms with van der Waals surface area (Å²) in [5, 5.41) is 0.112. The van der Waals surface area contributed by atoms with Gasteiger partial charge in [-0.25, -0.2) is 4.39 Å². The van der Waals surface area contributed by atoms with E-state index >= 15 is 0 Å². The molecule has 0 nitrogen and oxygen atoms in total. The number of benzene rings is 1. The molecule has 0 saturated carbocycles. The lowest BCUT2D eigenvalue weighted by Crippen LogP contribution is -2.16. The summed E-state index contributed by atoms with van der Waals surface area (Å²) in [7, 11) is 0. The van der Waals surface area contributed by atoms with Crippen molar-refractivity contribution in [1.29, 1.82) is 0 Å². The lowest BCUT2D eigenvalue weighted by Gasteiger charge is -2.18. The highest BCUT2D eigenvalue weighted by atomic mass is 35.5. The van der Waals surface area contributed by atoms with Crippen LogP contribution < -0.4 is 0 Å². The highest BCUT2D eigenvalue weighted by Gasteiger charge is 2.22. The first-order chi connectivity index (χ1) is 5.99. The molecule has 0 spiro atoms. The van der Waals surface area contributed by atoms with Crippen LogP contribution in [0.1, 0.15) is 19.4 Å². The van der Waals surface area contributed by atoms with Crippen molar-refractivity contribution in [2.24, 2.45) is 0 Å². The lowest BCUT2D eigenvalue weighted by molar-refractivity contribution is 0.568. The van der Waals surface area contributed by atoms with Gasteiger partial charge in [-0.05, 0) is 19.9 Å². The fraction of sp³-hybridized carbons (Fsp3) is 0.273. The van der Waals surface area contributed by atoms with Crippen LogP contribution in [0.4, 0.5) is 4.39 Å². The van der Waals surface area contributed by atoms with Gasteiger partial charge in [-0.3, -0.25) is 0 Å². The van der Waals surface area contributed by atoms with Crippen molar-refractivity contribution in [2.75, 3.05) is 0 Å². The molecule has 0 fully saturated rings. The fourth-order valence-electron chi connectivity index (χ4n) is 1.06. The van der Waals surface area contributed by atoms with Gasteiger partial charge in [0, 0.05) is 5.56 Å². The Morgan fingerprint density at radius 1 is 1.46 bits per heavy atom. The van der Waals surface area contributed by atoms with Gasteiger partial charge < -0.3 is 0 Å². The van der Waals surface area contributed by atoms with Crippen LogP contribution in [-0.2, 0) is 5.41 Å². The van der Waals surface area contributed by atoms with E-state index in [1.807, 2.05) is 0 Å². The molecular weight excluding hydrogens is 187 g/mol. The minimum atomic E-state index is -0.616. The molecule has 0 aliphatic heterocycles. The summed E-state index contributed by atoms with van der Waals surface area (Å²) in [4.78, 5) is 0. The van der Waals surface area contributed by atoms with Crippen molar-refractivity contribution in [3.8, 4) is 12.3 Å². The summed E-state index contributed by atoms with van der Waals surface area (Å²) in [5.74, 6) is 2.10. The second-order valence-corrected chi connectivity index (χ2v) is 3.78. The Balaban J connectivity index is 3.33. The number of hydrogen-bond acceptors (Lipinski definition) is 0. The minimum absolute atomic E-state index is 0.112. The molecule has 0 aliphatic carbocycles. The summed E-state index contributed by atoms with van der Waals surface area (Å²) in [6, 6.07) is 4.86. The molecule has 0 aliphatic rings. The van der Waals surface area contributed by atoms with Crippen molar-refractivity contribution in [3.05, 3.63) is 34.6 Å². The first kappa shape index (κ1) is 10.1. The third-order valence-electron chi connectivity index (χ3n) is 1.99. The molecule has 0 unspecified atom stereocenters. The van der Waals surface area contributed by atoms with E-state index in [-0.39, 0.29) is 5.02 Å². The average molecular weight is 197 g/mol. The standard InChI is InChI=1S/C11H10ClF/c1-4-11(2,3)8-6-5-7-9(12)10(8)13/h1,5-7H,2-3H3. The Hall–Kier alpha value is -1.00. The summed E-state index contributed by atoms with van der Waals surface area (Å²) in [6.07, 6.45) is 5.30. The van der Waals surface area contributed by atoms with Crippen LogP contribution in [0.2, 0.25) is 5.02 Å². The molecule has 0 heterocycles. The van der Waals surface area contributed by atoms with Crippen LogP contribution in [0.15, 0.2) is 18.2 Å².